The van der Waals surface area contributed by atoms with Crippen LogP contribution >= 0.6 is 0 Å². The molecular weight excluding hydrogens is 236 g/mol. The van der Waals surface area contributed by atoms with Crippen LogP contribution in [0.2, 0.25) is 0 Å². The molecule has 1 aliphatic carbocycles. The second-order valence-corrected chi connectivity index (χ2v) is 6.05. The predicted molar refractivity (Wildman–Crippen MR) is 78.9 cm³/mol. The summed E-state index contributed by atoms with van der Waals surface area (Å²) in [6.07, 6.45) is 4.75. The number of hydrazine groups is 1. The SMILES string of the molecule is COC(C)(C)C(CC1CCCc2ccccc21)NN. The second-order valence-electron chi connectivity index (χ2n) is 6.05. The van der Waals surface area contributed by atoms with E-state index >= 15 is 0 Å². The van der Waals surface area contributed by atoms with E-state index in [9.17, 15) is 0 Å². The van der Waals surface area contributed by atoms with E-state index in [1.165, 1.54) is 30.4 Å². The van der Waals surface area contributed by atoms with Crippen LogP contribution in [-0.4, -0.2) is 18.8 Å². The molecule has 1 aromatic rings. The number of rotatable bonds is 5. The number of fused-ring (bicyclic) bond motifs is 1. The first kappa shape index (κ1) is 14.5. The van der Waals surface area contributed by atoms with Crippen LogP contribution in [0.4, 0.5) is 0 Å². The maximum absolute atomic E-state index is 5.74. The van der Waals surface area contributed by atoms with E-state index in [0.29, 0.717) is 5.92 Å². The molecule has 0 bridgehead atoms. The maximum Gasteiger partial charge on any atom is 0.0788 e. The molecule has 3 nitrogen and oxygen atoms in total. The Kier molecular flexibility index (Phi) is 4.61. The highest BCUT2D eigenvalue weighted by atomic mass is 16.5. The summed E-state index contributed by atoms with van der Waals surface area (Å²) >= 11 is 0. The van der Waals surface area contributed by atoms with Gasteiger partial charge in [-0.15, -0.1) is 0 Å². The van der Waals surface area contributed by atoms with Gasteiger partial charge in [0.25, 0.3) is 0 Å². The van der Waals surface area contributed by atoms with Gasteiger partial charge in [0.15, 0.2) is 0 Å². The zero-order valence-electron chi connectivity index (χ0n) is 12.3. The Bertz CT molecular complexity index is 417. The summed E-state index contributed by atoms with van der Waals surface area (Å²) in [5.41, 5.74) is 5.70. The molecule has 0 radical (unpaired) electrons. The number of benzene rings is 1. The van der Waals surface area contributed by atoms with E-state index in [1.54, 1.807) is 7.11 Å². The number of nitrogens with two attached hydrogens (primary N) is 1. The lowest BCUT2D eigenvalue weighted by Gasteiger charge is -2.36. The minimum Gasteiger partial charge on any atom is -0.377 e. The van der Waals surface area contributed by atoms with E-state index in [-0.39, 0.29) is 11.6 Å². The first-order chi connectivity index (χ1) is 9.08. The fraction of sp³-hybridized carbons (Fsp3) is 0.625. The first-order valence-corrected chi connectivity index (χ1v) is 7.17. The average molecular weight is 262 g/mol. The first-order valence-electron chi connectivity index (χ1n) is 7.17. The van der Waals surface area contributed by atoms with Gasteiger partial charge >= 0.3 is 0 Å². The summed E-state index contributed by atoms with van der Waals surface area (Å²) in [4.78, 5) is 0. The van der Waals surface area contributed by atoms with Crippen molar-refractivity contribution >= 4 is 0 Å². The van der Waals surface area contributed by atoms with E-state index in [2.05, 4.69) is 43.5 Å². The monoisotopic (exact) mass is 262 g/mol. The number of nitrogens with one attached hydrogen (secondary N) is 1. The molecule has 0 spiro atoms. The third-order valence-corrected chi connectivity index (χ3v) is 4.58. The third-order valence-electron chi connectivity index (χ3n) is 4.58. The molecule has 0 aromatic heterocycles. The van der Waals surface area contributed by atoms with Crippen LogP contribution in [-0.2, 0) is 11.2 Å². The highest BCUT2D eigenvalue weighted by Crippen LogP contribution is 2.36. The zero-order chi connectivity index (χ0) is 13.9. The Morgan fingerprint density at radius 2 is 2.16 bits per heavy atom. The topological polar surface area (TPSA) is 47.3 Å². The molecule has 1 aromatic carbocycles. The summed E-state index contributed by atoms with van der Waals surface area (Å²) in [6, 6.07) is 8.97. The molecule has 2 rings (SSSR count). The maximum atomic E-state index is 5.74. The van der Waals surface area contributed by atoms with E-state index in [4.69, 9.17) is 10.6 Å². The van der Waals surface area contributed by atoms with Gasteiger partial charge in [-0.25, -0.2) is 0 Å². The lowest BCUT2D eigenvalue weighted by molar-refractivity contribution is -0.0148. The fourth-order valence-corrected chi connectivity index (χ4v) is 3.08. The summed E-state index contributed by atoms with van der Waals surface area (Å²) in [5.74, 6) is 6.33. The van der Waals surface area contributed by atoms with Crippen molar-refractivity contribution in [3.8, 4) is 0 Å². The van der Waals surface area contributed by atoms with E-state index in [0.717, 1.165) is 6.42 Å². The van der Waals surface area contributed by atoms with Crippen molar-refractivity contribution in [2.24, 2.45) is 5.84 Å². The Morgan fingerprint density at radius 1 is 1.42 bits per heavy atom. The minimum absolute atomic E-state index is 0.161. The van der Waals surface area contributed by atoms with E-state index in [1.807, 2.05) is 0 Å². The van der Waals surface area contributed by atoms with Gasteiger partial charge in [-0.3, -0.25) is 11.3 Å². The van der Waals surface area contributed by atoms with Crippen LogP contribution in [0, 0.1) is 0 Å². The van der Waals surface area contributed by atoms with Crippen molar-refractivity contribution in [1.82, 2.24) is 5.43 Å². The smallest absolute Gasteiger partial charge is 0.0788 e. The van der Waals surface area contributed by atoms with Crippen molar-refractivity contribution < 1.29 is 4.74 Å². The quantitative estimate of drug-likeness (QED) is 0.633. The molecule has 0 aliphatic heterocycles. The Morgan fingerprint density at radius 3 is 2.84 bits per heavy atom. The van der Waals surface area contributed by atoms with Gasteiger partial charge in [-0.2, -0.15) is 0 Å². The normalized spacial score (nSPS) is 20.9. The van der Waals surface area contributed by atoms with Gasteiger partial charge in [0.05, 0.1) is 11.6 Å². The molecule has 1 aliphatic rings. The molecular formula is C16H26N2O. The average Bonchev–Trinajstić information content (AvgIpc) is 2.44. The van der Waals surface area contributed by atoms with Crippen LogP contribution < -0.4 is 11.3 Å². The number of ether oxygens (including phenoxy) is 1. The molecule has 19 heavy (non-hydrogen) atoms. The van der Waals surface area contributed by atoms with E-state index < -0.39 is 0 Å². The lowest BCUT2D eigenvalue weighted by Crippen LogP contribution is -2.51. The van der Waals surface area contributed by atoms with Crippen LogP contribution in [0.3, 0.4) is 0 Å². The number of methoxy groups -OCH3 is 1. The molecule has 0 amide bonds. The van der Waals surface area contributed by atoms with Gasteiger partial charge in [0, 0.05) is 7.11 Å². The van der Waals surface area contributed by atoms with Gasteiger partial charge < -0.3 is 4.74 Å². The van der Waals surface area contributed by atoms with Crippen molar-refractivity contribution in [2.75, 3.05) is 7.11 Å². The standard InChI is InChI=1S/C16H26N2O/c1-16(2,19-3)15(18-17)11-13-9-6-8-12-7-4-5-10-14(12)13/h4-5,7,10,13,15,18H,6,8-9,11,17H2,1-3H3. The van der Waals surface area contributed by atoms with Crippen LogP contribution in [0.25, 0.3) is 0 Å². The molecule has 0 heterocycles. The Hall–Kier alpha value is -0.900. The van der Waals surface area contributed by atoms with Gasteiger partial charge in [-0.1, -0.05) is 24.3 Å². The van der Waals surface area contributed by atoms with Crippen molar-refractivity contribution in [2.45, 2.75) is 57.1 Å². The number of hydrogen-bond donors (Lipinski definition) is 2. The number of hydrogen-bond acceptors (Lipinski definition) is 3. The van der Waals surface area contributed by atoms with Crippen molar-refractivity contribution in [3.05, 3.63) is 35.4 Å². The summed E-state index contributed by atoms with van der Waals surface area (Å²) in [5, 5.41) is 0. The summed E-state index contributed by atoms with van der Waals surface area (Å²) in [6.45, 7) is 4.18. The van der Waals surface area contributed by atoms with Crippen LogP contribution in [0.15, 0.2) is 24.3 Å². The molecule has 106 valence electrons. The molecule has 2 unspecified atom stereocenters. The molecule has 3 N–H and O–H groups in total. The van der Waals surface area contributed by atoms with Gasteiger partial charge in [0.1, 0.15) is 0 Å². The largest absolute Gasteiger partial charge is 0.377 e. The summed E-state index contributed by atoms with van der Waals surface area (Å²) in [7, 11) is 1.75. The fourth-order valence-electron chi connectivity index (χ4n) is 3.08. The summed E-state index contributed by atoms with van der Waals surface area (Å²) < 4.78 is 5.58. The minimum atomic E-state index is -0.249. The lowest BCUT2D eigenvalue weighted by atomic mass is 9.77. The highest BCUT2D eigenvalue weighted by Gasteiger charge is 2.32. The number of aryl methyl sites for hydroxylation is 1. The molecule has 3 heteroatoms. The van der Waals surface area contributed by atoms with Crippen LogP contribution in [0.5, 0.6) is 0 Å². The van der Waals surface area contributed by atoms with Gasteiger partial charge in [-0.05, 0) is 56.6 Å². The van der Waals surface area contributed by atoms with Gasteiger partial charge in [0.2, 0.25) is 0 Å². The molecule has 0 saturated carbocycles. The predicted octanol–water partition coefficient (Wildman–Crippen LogP) is 2.75. The van der Waals surface area contributed by atoms with Crippen LogP contribution in [0.1, 0.15) is 50.2 Å². The van der Waals surface area contributed by atoms with Crippen molar-refractivity contribution in [1.29, 1.82) is 0 Å². The zero-order valence-corrected chi connectivity index (χ0v) is 12.3. The third kappa shape index (κ3) is 3.16. The Labute approximate surface area is 116 Å². The molecule has 0 fully saturated rings. The highest BCUT2D eigenvalue weighted by molar-refractivity contribution is 5.32. The molecule has 2 atom stereocenters. The second kappa shape index (κ2) is 6.04. The van der Waals surface area contributed by atoms with Crippen molar-refractivity contribution in [3.63, 3.8) is 0 Å². The Balaban J connectivity index is 2.15. The molecule has 0 saturated heterocycles.